The van der Waals surface area contributed by atoms with E-state index in [0.29, 0.717) is 67.8 Å². The zero-order valence-corrected chi connectivity index (χ0v) is 30.0. The van der Waals surface area contributed by atoms with Gasteiger partial charge in [0.15, 0.2) is 5.82 Å². The summed E-state index contributed by atoms with van der Waals surface area (Å²) in [7, 11) is 0. The number of benzene rings is 2. The van der Waals surface area contributed by atoms with Gasteiger partial charge in [0.25, 0.3) is 0 Å². The second-order valence-electron chi connectivity index (χ2n) is 13.4. The molecule has 13 heteroatoms. The lowest BCUT2D eigenvalue weighted by molar-refractivity contribution is -0.0434. The van der Waals surface area contributed by atoms with Gasteiger partial charge in [0.1, 0.15) is 29.6 Å². The summed E-state index contributed by atoms with van der Waals surface area (Å²) < 4.78 is 34.0. The van der Waals surface area contributed by atoms with Crippen molar-refractivity contribution in [2.24, 2.45) is 5.41 Å². The van der Waals surface area contributed by atoms with Crippen molar-refractivity contribution in [3.05, 3.63) is 55.8 Å². The van der Waals surface area contributed by atoms with E-state index < -0.39 is 11.4 Å². The molecular formula is C33H38BrFIN5O5. The van der Waals surface area contributed by atoms with Gasteiger partial charge in [0, 0.05) is 66.5 Å². The van der Waals surface area contributed by atoms with Crippen LogP contribution in [0.15, 0.2) is 40.9 Å². The van der Waals surface area contributed by atoms with Gasteiger partial charge < -0.3 is 28.9 Å². The van der Waals surface area contributed by atoms with E-state index in [1.54, 1.807) is 9.80 Å². The first kappa shape index (κ1) is 33.0. The fourth-order valence-corrected chi connectivity index (χ4v) is 7.12. The first-order chi connectivity index (χ1) is 21.9. The second kappa shape index (κ2) is 13.3. The summed E-state index contributed by atoms with van der Waals surface area (Å²) >= 11 is 5.48. The van der Waals surface area contributed by atoms with Gasteiger partial charge >= 0.3 is 18.2 Å². The van der Waals surface area contributed by atoms with E-state index in [0.717, 1.165) is 22.0 Å². The number of carbonyl (C=O) groups excluding carboxylic acids is 2. The van der Waals surface area contributed by atoms with E-state index in [4.69, 9.17) is 19.2 Å². The van der Waals surface area contributed by atoms with Gasteiger partial charge in [-0.2, -0.15) is 9.97 Å². The quantitative estimate of drug-likeness (QED) is 0.198. The molecule has 0 unspecified atom stereocenters. The van der Waals surface area contributed by atoms with Crippen LogP contribution >= 0.6 is 38.5 Å². The number of likely N-dealkylation sites (tertiary alicyclic amines) is 2. The Labute approximate surface area is 290 Å². The molecule has 0 bridgehead atoms. The van der Waals surface area contributed by atoms with Gasteiger partial charge in [-0.25, -0.2) is 14.0 Å². The monoisotopic (exact) mass is 809 g/mol. The lowest BCUT2D eigenvalue weighted by atomic mass is 9.72. The molecule has 46 heavy (non-hydrogen) atoms. The molecule has 6 rings (SSSR count). The molecule has 1 aromatic heterocycles. The minimum absolute atomic E-state index is 0.0501. The van der Waals surface area contributed by atoms with Crippen molar-refractivity contribution in [3.63, 3.8) is 0 Å². The lowest BCUT2D eigenvalue weighted by Gasteiger charge is -2.53. The Hall–Kier alpha value is -2.94. The smallest absolute Gasteiger partial charge is 0.410 e. The predicted octanol–water partition coefficient (Wildman–Crippen LogP) is 7.15. The third-order valence-corrected chi connectivity index (χ3v) is 11.2. The molecule has 3 fully saturated rings. The molecule has 0 aliphatic carbocycles. The summed E-state index contributed by atoms with van der Waals surface area (Å²) in [5.41, 5.74) is 0.666. The van der Waals surface area contributed by atoms with Crippen molar-refractivity contribution in [2.75, 3.05) is 44.2 Å². The number of rotatable bonds is 5. The van der Waals surface area contributed by atoms with Gasteiger partial charge in [-0.15, -0.1) is 0 Å². The minimum atomic E-state index is -0.524. The van der Waals surface area contributed by atoms with Gasteiger partial charge in [-0.3, -0.25) is 0 Å². The molecule has 1 spiro atoms. The Morgan fingerprint density at radius 2 is 1.70 bits per heavy atom. The predicted molar refractivity (Wildman–Crippen MR) is 183 cm³/mol. The molecule has 0 radical (unpaired) electrons. The summed E-state index contributed by atoms with van der Waals surface area (Å²) in [5.74, 6) is 0.191. The molecule has 0 saturated carbocycles. The number of piperidine rings is 2. The summed E-state index contributed by atoms with van der Waals surface area (Å²) in [6.07, 6.45) is 2.07. The fourth-order valence-electron chi connectivity index (χ4n) is 6.27. The third kappa shape index (κ3) is 7.29. The van der Waals surface area contributed by atoms with E-state index in [1.165, 1.54) is 0 Å². The molecule has 246 valence electrons. The maximum absolute atomic E-state index is 15.6. The van der Waals surface area contributed by atoms with Gasteiger partial charge in [-0.05, 0) is 83.8 Å². The standard InChI is InChI=1S/C33H38BrFIN5O5/c1-32(2,3)46-31(43)41-19-33(20-41)11-15-39(16-12-33)28-23-17-24(36)25(34)26(35)27(23)37-29(38-28)45-22-9-13-40(14-10-22)30(42)44-18-21-7-5-4-6-8-21/h4-8,17,22H,9-16,18-20H2,1-3H3. The number of anilines is 1. The van der Waals surface area contributed by atoms with Crippen LogP contribution in [-0.2, 0) is 16.1 Å². The topological polar surface area (TPSA) is 97.3 Å². The zero-order chi connectivity index (χ0) is 32.6. The summed E-state index contributed by atoms with van der Waals surface area (Å²) in [4.78, 5) is 40.2. The Balaban J connectivity index is 1.12. The van der Waals surface area contributed by atoms with Crippen LogP contribution in [0, 0.1) is 14.8 Å². The van der Waals surface area contributed by atoms with Crippen LogP contribution in [0.25, 0.3) is 10.9 Å². The Morgan fingerprint density at radius 1 is 1.02 bits per heavy atom. The van der Waals surface area contributed by atoms with Crippen molar-refractivity contribution >= 4 is 67.4 Å². The number of fused-ring (bicyclic) bond motifs is 1. The molecule has 0 atom stereocenters. The van der Waals surface area contributed by atoms with Crippen molar-refractivity contribution in [1.82, 2.24) is 19.8 Å². The molecule has 3 aliphatic rings. The molecule has 4 heterocycles. The first-order valence-electron chi connectivity index (χ1n) is 15.6. The van der Waals surface area contributed by atoms with Crippen LogP contribution < -0.4 is 9.64 Å². The largest absolute Gasteiger partial charge is 0.460 e. The van der Waals surface area contributed by atoms with Gasteiger partial charge in [-0.1, -0.05) is 30.3 Å². The van der Waals surface area contributed by atoms with Crippen LogP contribution in [0.2, 0.25) is 0 Å². The lowest BCUT2D eigenvalue weighted by Crippen LogP contribution is -2.62. The molecule has 3 aromatic rings. The highest BCUT2D eigenvalue weighted by atomic mass is 127. The summed E-state index contributed by atoms with van der Waals surface area (Å²) in [6, 6.07) is 11.6. The van der Waals surface area contributed by atoms with E-state index >= 15 is 4.39 Å². The van der Waals surface area contributed by atoms with Crippen molar-refractivity contribution in [2.45, 2.75) is 64.8 Å². The average molecular weight is 811 g/mol. The number of amides is 2. The van der Waals surface area contributed by atoms with E-state index in [1.807, 2.05) is 57.2 Å². The number of aromatic nitrogens is 2. The third-order valence-electron chi connectivity index (χ3n) is 8.79. The highest BCUT2D eigenvalue weighted by molar-refractivity contribution is 14.1. The fraction of sp³-hybridized carbons (Fsp3) is 0.515. The van der Waals surface area contributed by atoms with Crippen molar-refractivity contribution in [1.29, 1.82) is 0 Å². The number of hydrogen-bond acceptors (Lipinski definition) is 8. The zero-order valence-electron chi connectivity index (χ0n) is 26.2. The summed E-state index contributed by atoms with van der Waals surface area (Å²) in [6.45, 7) is 9.58. The van der Waals surface area contributed by atoms with Gasteiger partial charge in [0.05, 0.1) is 4.47 Å². The van der Waals surface area contributed by atoms with Crippen molar-refractivity contribution in [3.8, 4) is 6.01 Å². The minimum Gasteiger partial charge on any atom is -0.460 e. The van der Waals surface area contributed by atoms with Crippen LogP contribution in [0.4, 0.5) is 19.8 Å². The maximum atomic E-state index is 15.6. The van der Waals surface area contributed by atoms with Crippen LogP contribution in [-0.4, -0.2) is 82.9 Å². The normalized spacial score (nSPS) is 18.4. The number of halogens is 3. The SMILES string of the molecule is CC(C)(C)OC(=O)N1CC2(CCN(c3nc(OC4CCN(C(=O)OCc5ccccc5)CC4)nc4c(F)c(Br)c(I)cc34)CC2)C1. The number of carbonyl (C=O) groups is 2. The maximum Gasteiger partial charge on any atom is 0.410 e. The highest BCUT2D eigenvalue weighted by Gasteiger charge is 2.48. The molecule has 2 amide bonds. The number of hydrogen-bond donors (Lipinski definition) is 0. The Kier molecular flexibility index (Phi) is 9.52. The molecule has 3 saturated heterocycles. The van der Waals surface area contributed by atoms with E-state index in [-0.39, 0.29) is 41.8 Å². The van der Waals surface area contributed by atoms with Crippen LogP contribution in [0.3, 0.4) is 0 Å². The molecule has 0 N–H and O–H groups in total. The summed E-state index contributed by atoms with van der Waals surface area (Å²) in [5, 5.41) is 0.633. The van der Waals surface area contributed by atoms with Crippen LogP contribution in [0.1, 0.15) is 52.0 Å². The van der Waals surface area contributed by atoms with E-state index in [2.05, 4.69) is 48.4 Å². The van der Waals surface area contributed by atoms with Crippen molar-refractivity contribution < 1.29 is 28.2 Å². The molecule has 2 aromatic carbocycles. The Morgan fingerprint density at radius 3 is 2.35 bits per heavy atom. The number of ether oxygens (including phenoxy) is 3. The Bertz CT molecular complexity index is 1600. The van der Waals surface area contributed by atoms with E-state index in [9.17, 15) is 9.59 Å². The first-order valence-corrected chi connectivity index (χ1v) is 17.5. The molecule has 10 nitrogen and oxygen atoms in total. The van der Waals surface area contributed by atoms with Gasteiger partial charge in [0.2, 0.25) is 0 Å². The van der Waals surface area contributed by atoms with Crippen LogP contribution in [0.5, 0.6) is 6.01 Å². The second-order valence-corrected chi connectivity index (χ2v) is 15.3. The molecular weight excluding hydrogens is 772 g/mol. The average Bonchev–Trinajstić information content (AvgIpc) is 3.01. The number of nitrogens with zero attached hydrogens (tertiary/aromatic N) is 5. The molecule has 3 aliphatic heterocycles. The highest BCUT2D eigenvalue weighted by Crippen LogP contribution is 2.43.